The van der Waals surface area contributed by atoms with Gasteiger partial charge < -0.3 is 9.42 Å². The van der Waals surface area contributed by atoms with Gasteiger partial charge in [0.1, 0.15) is 0 Å². The number of likely N-dealkylation sites (tertiary alicyclic amines) is 1. The summed E-state index contributed by atoms with van der Waals surface area (Å²) in [6.45, 7) is 2.05. The van der Waals surface area contributed by atoms with Crippen LogP contribution in [0.25, 0.3) is 0 Å². The second-order valence-electron chi connectivity index (χ2n) is 3.97. The molecule has 1 aromatic heterocycles. The van der Waals surface area contributed by atoms with Crippen LogP contribution in [-0.2, 0) is 0 Å². The lowest BCUT2D eigenvalue weighted by Crippen LogP contribution is -2.31. The van der Waals surface area contributed by atoms with Crippen molar-refractivity contribution in [3.8, 4) is 0 Å². The van der Waals surface area contributed by atoms with Crippen LogP contribution >= 0.6 is 15.9 Å². The predicted molar refractivity (Wildman–Crippen MR) is 59.1 cm³/mol. The van der Waals surface area contributed by atoms with Crippen LogP contribution in [0.3, 0.4) is 0 Å². The Balaban J connectivity index is 2.24. The first-order chi connectivity index (χ1) is 7.22. The topological polar surface area (TPSA) is 46.3 Å². The molecular formula is C10H13BrN2O2. The van der Waals surface area contributed by atoms with Gasteiger partial charge in [-0.15, -0.1) is 0 Å². The molecule has 1 fully saturated rings. The van der Waals surface area contributed by atoms with Crippen LogP contribution in [0.2, 0.25) is 0 Å². The van der Waals surface area contributed by atoms with Gasteiger partial charge in [0.05, 0.1) is 5.56 Å². The van der Waals surface area contributed by atoms with E-state index in [9.17, 15) is 4.79 Å². The lowest BCUT2D eigenvalue weighted by atomic mass is 9.94. The van der Waals surface area contributed by atoms with E-state index in [2.05, 4.69) is 33.0 Å². The molecule has 1 aromatic rings. The Kier molecular flexibility index (Phi) is 3.21. The number of nitrogens with zero attached hydrogens (tertiary/aromatic N) is 2. The molecular weight excluding hydrogens is 260 g/mol. The molecule has 82 valence electrons. The number of aromatic nitrogens is 1. The van der Waals surface area contributed by atoms with Crippen molar-refractivity contribution in [3.05, 3.63) is 15.9 Å². The fraction of sp³-hybridized carbons (Fsp3) is 0.600. The predicted octanol–water partition coefficient (Wildman–Crippen LogP) is 2.06. The zero-order chi connectivity index (χ0) is 10.8. The van der Waals surface area contributed by atoms with Gasteiger partial charge in [-0.2, -0.15) is 0 Å². The maximum atomic E-state index is 10.9. The second-order valence-corrected chi connectivity index (χ2v) is 4.72. The smallest absolute Gasteiger partial charge is 0.160 e. The zero-order valence-corrected chi connectivity index (χ0v) is 10.2. The quantitative estimate of drug-likeness (QED) is 0.774. The van der Waals surface area contributed by atoms with Crippen LogP contribution in [0.1, 0.15) is 34.9 Å². The lowest BCUT2D eigenvalue weighted by Gasteiger charge is -2.28. The van der Waals surface area contributed by atoms with Gasteiger partial charge in [0.25, 0.3) is 0 Å². The Labute approximate surface area is 96.7 Å². The first-order valence-electron chi connectivity index (χ1n) is 5.01. The average molecular weight is 273 g/mol. The highest BCUT2D eigenvalue weighted by molar-refractivity contribution is 9.10. The molecule has 4 nitrogen and oxygen atoms in total. The summed E-state index contributed by atoms with van der Waals surface area (Å²) < 4.78 is 5.73. The minimum atomic E-state index is 0.294. The summed E-state index contributed by atoms with van der Waals surface area (Å²) >= 11 is 3.21. The molecule has 15 heavy (non-hydrogen) atoms. The van der Waals surface area contributed by atoms with Gasteiger partial charge in [0, 0.05) is 12.5 Å². The highest BCUT2D eigenvalue weighted by Gasteiger charge is 2.26. The number of likely N-dealkylation sites (N-methyl/N-ethyl adjacent to an activating group) is 1. The van der Waals surface area contributed by atoms with E-state index in [4.69, 9.17) is 4.52 Å². The largest absolute Gasteiger partial charge is 0.359 e. The summed E-state index contributed by atoms with van der Waals surface area (Å²) in [6.07, 6.45) is 3.01. The molecule has 2 heterocycles. The molecule has 0 amide bonds. The van der Waals surface area contributed by atoms with Crippen molar-refractivity contribution >= 4 is 22.2 Å². The highest BCUT2D eigenvalue weighted by atomic mass is 79.9. The average Bonchev–Trinajstić information content (AvgIpc) is 2.59. The Bertz CT molecular complexity index is 364. The normalized spacial score (nSPS) is 22.9. The van der Waals surface area contributed by atoms with Crippen LogP contribution < -0.4 is 0 Å². The van der Waals surface area contributed by atoms with Gasteiger partial charge >= 0.3 is 0 Å². The number of halogens is 1. The van der Waals surface area contributed by atoms with E-state index in [1.165, 1.54) is 0 Å². The molecule has 1 atom stereocenters. The van der Waals surface area contributed by atoms with E-state index in [1.54, 1.807) is 0 Å². The molecule has 0 N–H and O–H groups in total. The fourth-order valence-electron chi connectivity index (χ4n) is 2.07. The minimum Gasteiger partial charge on any atom is -0.359 e. The molecule has 1 aliphatic rings. The van der Waals surface area contributed by atoms with Crippen molar-refractivity contribution in [3.63, 3.8) is 0 Å². The van der Waals surface area contributed by atoms with Gasteiger partial charge in [-0.05, 0) is 42.4 Å². The second kappa shape index (κ2) is 4.45. The van der Waals surface area contributed by atoms with Crippen LogP contribution in [0.4, 0.5) is 0 Å². The first kappa shape index (κ1) is 10.8. The molecule has 5 heteroatoms. The van der Waals surface area contributed by atoms with Crippen molar-refractivity contribution in [2.45, 2.75) is 18.8 Å². The Morgan fingerprint density at radius 3 is 3.13 bits per heavy atom. The number of carbonyl (C=O) groups is 1. The van der Waals surface area contributed by atoms with E-state index in [0.29, 0.717) is 16.1 Å². The number of piperidine rings is 1. The number of aldehydes is 1. The van der Waals surface area contributed by atoms with Gasteiger partial charge in [0.15, 0.2) is 16.6 Å². The molecule has 0 aliphatic carbocycles. The number of rotatable bonds is 2. The summed E-state index contributed by atoms with van der Waals surface area (Å²) in [5, 5.41) is 3.78. The first-order valence-corrected chi connectivity index (χ1v) is 5.80. The maximum Gasteiger partial charge on any atom is 0.160 e. The standard InChI is InChI=1S/C10H13BrN2O2/c1-13-4-2-3-7(5-13)9-8(6-14)10(11)12-15-9/h6-7H,2-5H2,1H3. The van der Waals surface area contributed by atoms with E-state index in [0.717, 1.165) is 38.0 Å². The monoisotopic (exact) mass is 272 g/mol. The molecule has 1 unspecified atom stereocenters. The number of hydrogen-bond donors (Lipinski definition) is 0. The molecule has 0 bridgehead atoms. The highest BCUT2D eigenvalue weighted by Crippen LogP contribution is 2.31. The van der Waals surface area contributed by atoms with Crippen molar-refractivity contribution in [2.24, 2.45) is 0 Å². The van der Waals surface area contributed by atoms with Crippen molar-refractivity contribution < 1.29 is 9.32 Å². The molecule has 1 aliphatic heterocycles. The van der Waals surface area contributed by atoms with Crippen molar-refractivity contribution in [1.29, 1.82) is 0 Å². The Morgan fingerprint density at radius 1 is 1.67 bits per heavy atom. The maximum absolute atomic E-state index is 10.9. The SMILES string of the molecule is CN1CCCC(c2onc(Br)c2C=O)C1. The molecule has 2 rings (SSSR count). The molecule has 1 saturated heterocycles. The van der Waals surface area contributed by atoms with Crippen molar-refractivity contribution in [2.75, 3.05) is 20.1 Å². The fourth-order valence-corrected chi connectivity index (χ4v) is 2.43. The summed E-state index contributed by atoms with van der Waals surface area (Å²) in [5.41, 5.74) is 0.565. The van der Waals surface area contributed by atoms with E-state index >= 15 is 0 Å². The third kappa shape index (κ3) is 2.13. The van der Waals surface area contributed by atoms with Gasteiger partial charge in [-0.1, -0.05) is 5.16 Å². The molecule has 0 saturated carbocycles. The van der Waals surface area contributed by atoms with Crippen LogP contribution in [0, 0.1) is 0 Å². The van der Waals surface area contributed by atoms with Crippen LogP contribution in [-0.4, -0.2) is 36.5 Å². The molecule has 0 spiro atoms. The summed E-state index contributed by atoms with van der Waals surface area (Å²) in [6, 6.07) is 0. The van der Waals surface area contributed by atoms with Gasteiger partial charge in [-0.3, -0.25) is 4.79 Å². The van der Waals surface area contributed by atoms with E-state index in [1.807, 2.05) is 0 Å². The van der Waals surface area contributed by atoms with E-state index < -0.39 is 0 Å². The molecule has 0 radical (unpaired) electrons. The van der Waals surface area contributed by atoms with Crippen LogP contribution in [0.5, 0.6) is 0 Å². The van der Waals surface area contributed by atoms with Crippen molar-refractivity contribution in [1.82, 2.24) is 10.1 Å². The van der Waals surface area contributed by atoms with E-state index in [-0.39, 0.29) is 0 Å². The Morgan fingerprint density at radius 2 is 2.47 bits per heavy atom. The van der Waals surface area contributed by atoms with Gasteiger partial charge in [-0.25, -0.2) is 0 Å². The van der Waals surface area contributed by atoms with Gasteiger partial charge in [0.2, 0.25) is 0 Å². The number of carbonyl (C=O) groups excluding carboxylic acids is 1. The third-order valence-electron chi connectivity index (χ3n) is 2.82. The minimum absolute atomic E-state index is 0.294. The lowest BCUT2D eigenvalue weighted by molar-refractivity contribution is 0.111. The number of hydrogen-bond acceptors (Lipinski definition) is 4. The Hall–Kier alpha value is -0.680. The van der Waals surface area contributed by atoms with Crippen LogP contribution in [0.15, 0.2) is 9.13 Å². The zero-order valence-electron chi connectivity index (χ0n) is 8.57. The third-order valence-corrected chi connectivity index (χ3v) is 3.40. The summed E-state index contributed by atoms with van der Waals surface area (Å²) in [5.74, 6) is 1.02. The summed E-state index contributed by atoms with van der Waals surface area (Å²) in [4.78, 5) is 13.1. The summed E-state index contributed by atoms with van der Waals surface area (Å²) in [7, 11) is 2.08. The molecule has 0 aromatic carbocycles.